The molecule has 2 aromatic carbocycles. The third kappa shape index (κ3) is 5.30. The Hall–Kier alpha value is -4.17. The van der Waals surface area contributed by atoms with Crippen LogP contribution < -0.4 is 20.7 Å². The predicted octanol–water partition coefficient (Wildman–Crippen LogP) is 5.67. The van der Waals surface area contributed by atoms with Crippen molar-refractivity contribution in [1.82, 2.24) is 15.0 Å². The number of aromatic nitrogens is 3. The van der Waals surface area contributed by atoms with Gasteiger partial charge in [0, 0.05) is 35.8 Å². The average molecular weight is 447 g/mol. The number of nitrogens with zero attached hydrogens (tertiary/aromatic N) is 3. The molecule has 2 heterocycles. The minimum absolute atomic E-state index is 0.364. The third-order valence-electron chi connectivity index (χ3n) is 4.36. The number of halogens is 1. The molecule has 160 valence electrons. The lowest BCUT2D eigenvalue weighted by Gasteiger charge is -2.11. The van der Waals surface area contributed by atoms with Crippen LogP contribution in [0.1, 0.15) is 0 Å². The Labute approximate surface area is 189 Å². The van der Waals surface area contributed by atoms with Gasteiger partial charge in [0.2, 0.25) is 11.8 Å². The SMILES string of the molecule is CNc1nccc(-c2cccnc2Oc2ccc(NC(=O)Nc3ccc(Cl)cc3)cc2)n1. The maximum atomic E-state index is 12.2. The van der Waals surface area contributed by atoms with Gasteiger partial charge in [0.15, 0.2) is 0 Å². The van der Waals surface area contributed by atoms with E-state index in [1.807, 2.05) is 12.1 Å². The molecule has 4 rings (SSSR count). The van der Waals surface area contributed by atoms with Crippen LogP contribution in [0.25, 0.3) is 11.3 Å². The zero-order valence-electron chi connectivity index (χ0n) is 17.0. The number of carbonyl (C=O) groups is 1. The van der Waals surface area contributed by atoms with Crippen molar-refractivity contribution in [1.29, 1.82) is 0 Å². The van der Waals surface area contributed by atoms with Crippen LogP contribution in [0, 0.1) is 0 Å². The summed E-state index contributed by atoms with van der Waals surface area (Å²) in [7, 11) is 1.76. The summed E-state index contributed by atoms with van der Waals surface area (Å²) in [6, 6.07) is 18.9. The molecule has 0 bridgehead atoms. The van der Waals surface area contributed by atoms with Gasteiger partial charge in [-0.3, -0.25) is 0 Å². The molecular weight excluding hydrogens is 428 g/mol. The summed E-state index contributed by atoms with van der Waals surface area (Å²) in [5, 5.41) is 9.03. The van der Waals surface area contributed by atoms with Gasteiger partial charge in [-0.15, -0.1) is 0 Å². The van der Waals surface area contributed by atoms with E-state index in [0.29, 0.717) is 39.7 Å². The number of urea groups is 1. The van der Waals surface area contributed by atoms with Crippen LogP contribution in [-0.4, -0.2) is 28.0 Å². The van der Waals surface area contributed by atoms with Gasteiger partial charge in [-0.25, -0.2) is 19.7 Å². The predicted molar refractivity (Wildman–Crippen MR) is 125 cm³/mol. The zero-order valence-corrected chi connectivity index (χ0v) is 17.8. The summed E-state index contributed by atoms with van der Waals surface area (Å²) in [4.78, 5) is 25.1. The molecule has 32 heavy (non-hydrogen) atoms. The number of rotatable bonds is 6. The first-order valence-electron chi connectivity index (χ1n) is 9.68. The third-order valence-corrected chi connectivity index (χ3v) is 4.61. The molecule has 0 atom stereocenters. The number of hydrogen-bond acceptors (Lipinski definition) is 6. The summed E-state index contributed by atoms with van der Waals surface area (Å²) >= 11 is 5.86. The minimum atomic E-state index is -0.364. The monoisotopic (exact) mass is 446 g/mol. The highest BCUT2D eigenvalue weighted by Gasteiger charge is 2.11. The molecule has 0 spiro atoms. The van der Waals surface area contributed by atoms with Crippen LogP contribution in [0.2, 0.25) is 5.02 Å². The molecular formula is C23H19ClN6O2. The summed E-state index contributed by atoms with van der Waals surface area (Å²) in [5.41, 5.74) is 2.67. The molecule has 0 aliphatic carbocycles. The summed E-state index contributed by atoms with van der Waals surface area (Å²) in [5.74, 6) is 1.48. The molecule has 0 fully saturated rings. The first-order chi connectivity index (χ1) is 15.6. The Kier molecular flexibility index (Phi) is 6.43. The lowest BCUT2D eigenvalue weighted by atomic mass is 10.2. The smallest absolute Gasteiger partial charge is 0.323 e. The van der Waals surface area contributed by atoms with E-state index >= 15 is 0 Å². The van der Waals surface area contributed by atoms with Crippen LogP contribution in [0.15, 0.2) is 79.1 Å². The molecule has 0 aliphatic heterocycles. The molecule has 0 saturated carbocycles. The van der Waals surface area contributed by atoms with Crippen molar-refractivity contribution < 1.29 is 9.53 Å². The molecule has 0 radical (unpaired) electrons. The molecule has 0 unspecified atom stereocenters. The number of ether oxygens (including phenoxy) is 1. The van der Waals surface area contributed by atoms with E-state index in [4.69, 9.17) is 16.3 Å². The molecule has 0 aliphatic rings. The molecule has 2 amide bonds. The molecule has 0 saturated heterocycles. The van der Waals surface area contributed by atoms with Crippen molar-refractivity contribution >= 4 is 35.0 Å². The van der Waals surface area contributed by atoms with Gasteiger partial charge in [-0.1, -0.05) is 11.6 Å². The Morgan fingerprint density at radius 1 is 0.875 bits per heavy atom. The Morgan fingerprint density at radius 3 is 2.25 bits per heavy atom. The minimum Gasteiger partial charge on any atom is -0.438 e. The lowest BCUT2D eigenvalue weighted by molar-refractivity contribution is 0.262. The van der Waals surface area contributed by atoms with Crippen LogP contribution in [0.3, 0.4) is 0 Å². The number of amides is 2. The molecule has 9 heteroatoms. The molecule has 2 aromatic heterocycles. The van der Waals surface area contributed by atoms with E-state index in [1.54, 1.807) is 74.0 Å². The van der Waals surface area contributed by atoms with E-state index in [9.17, 15) is 4.79 Å². The van der Waals surface area contributed by atoms with Gasteiger partial charge < -0.3 is 20.7 Å². The number of pyridine rings is 1. The summed E-state index contributed by atoms with van der Waals surface area (Å²) in [6.45, 7) is 0. The van der Waals surface area contributed by atoms with E-state index < -0.39 is 0 Å². The fourth-order valence-corrected chi connectivity index (χ4v) is 2.97. The topological polar surface area (TPSA) is 101 Å². The summed E-state index contributed by atoms with van der Waals surface area (Å²) in [6.07, 6.45) is 3.32. The number of nitrogens with one attached hydrogen (secondary N) is 3. The highest BCUT2D eigenvalue weighted by Crippen LogP contribution is 2.31. The van der Waals surface area contributed by atoms with Crippen molar-refractivity contribution in [3.63, 3.8) is 0 Å². The van der Waals surface area contributed by atoms with Crippen molar-refractivity contribution in [2.45, 2.75) is 0 Å². The number of anilines is 3. The highest BCUT2D eigenvalue weighted by molar-refractivity contribution is 6.30. The maximum Gasteiger partial charge on any atom is 0.323 e. The molecule has 3 N–H and O–H groups in total. The Balaban J connectivity index is 1.44. The number of carbonyl (C=O) groups excluding carboxylic acids is 1. The molecule has 4 aromatic rings. The number of benzene rings is 2. The first-order valence-corrected chi connectivity index (χ1v) is 10.1. The number of hydrogen-bond donors (Lipinski definition) is 3. The van der Waals surface area contributed by atoms with E-state index in [2.05, 4.69) is 30.9 Å². The summed E-state index contributed by atoms with van der Waals surface area (Å²) < 4.78 is 5.97. The van der Waals surface area contributed by atoms with E-state index in [0.717, 1.165) is 5.56 Å². The van der Waals surface area contributed by atoms with Gasteiger partial charge >= 0.3 is 6.03 Å². The zero-order chi connectivity index (χ0) is 22.3. The largest absolute Gasteiger partial charge is 0.438 e. The van der Waals surface area contributed by atoms with E-state index in [1.165, 1.54) is 0 Å². The van der Waals surface area contributed by atoms with Gasteiger partial charge in [-0.05, 0) is 66.7 Å². The fraction of sp³-hybridized carbons (Fsp3) is 0.0435. The average Bonchev–Trinajstić information content (AvgIpc) is 2.82. The highest BCUT2D eigenvalue weighted by atomic mass is 35.5. The normalized spacial score (nSPS) is 10.3. The van der Waals surface area contributed by atoms with Crippen LogP contribution in [0.4, 0.5) is 22.1 Å². The Morgan fingerprint density at radius 2 is 1.56 bits per heavy atom. The second kappa shape index (κ2) is 9.76. The van der Waals surface area contributed by atoms with Crippen LogP contribution in [-0.2, 0) is 0 Å². The van der Waals surface area contributed by atoms with Crippen molar-refractivity contribution in [2.24, 2.45) is 0 Å². The van der Waals surface area contributed by atoms with Gasteiger partial charge in [0.05, 0.1) is 11.3 Å². The van der Waals surface area contributed by atoms with Gasteiger partial charge in [0.25, 0.3) is 0 Å². The first kappa shape index (κ1) is 21.1. The molecule has 8 nitrogen and oxygen atoms in total. The second-order valence-electron chi connectivity index (χ2n) is 6.58. The standard InChI is InChI=1S/C23H19ClN6O2/c1-25-22-27-14-12-20(30-22)19-3-2-13-26-21(19)32-18-10-8-17(9-11-18)29-23(31)28-16-6-4-15(24)5-7-16/h2-14H,1H3,(H,25,27,30)(H2,28,29,31). The second-order valence-corrected chi connectivity index (χ2v) is 7.02. The van der Waals surface area contributed by atoms with Crippen molar-refractivity contribution in [3.05, 3.63) is 84.1 Å². The lowest BCUT2D eigenvalue weighted by Crippen LogP contribution is -2.19. The maximum absolute atomic E-state index is 12.2. The Bertz CT molecular complexity index is 1220. The van der Waals surface area contributed by atoms with Gasteiger partial charge in [0.1, 0.15) is 5.75 Å². The van der Waals surface area contributed by atoms with Crippen molar-refractivity contribution in [2.75, 3.05) is 23.0 Å². The van der Waals surface area contributed by atoms with Crippen LogP contribution in [0.5, 0.6) is 11.6 Å². The van der Waals surface area contributed by atoms with Gasteiger partial charge in [-0.2, -0.15) is 0 Å². The quantitative estimate of drug-likeness (QED) is 0.352. The van der Waals surface area contributed by atoms with Crippen LogP contribution >= 0.6 is 11.6 Å². The van der Waals surface area contributed by atoms with E-state index in [-0.39, 0.29) is 6.03 Å². The van der Waals surface area contributed by atoms with Crippen molar-refractivity contribution in [3.8, 4) is 22.9 Å². The fourth-order valence-electron chi connectivity index (χ4n) is 2.84.